The van der Waals surface area contributed by atoms with Crippen LogP contribution in [0, 0.1) is 12.8 Å². The number of hydrogen-bond acceptors (Lipinski definition) is 2. The van der Waals surface area contributed by atoms with Crippen molar-refractivity contribution in [2.45, 2.75) is 45.6 Å². The summed E-state index contributed by atoms with van der Waals surface area (Å²) in [7, 11) is 0. The van der Waals surface area contributed by atoms with E-state index in [1.165, 1.54) is 12.8 Å². The van der Waals surface area contributed by atoms with Gasteiger partial charge < -0.3 is 4.74 Å². The normalized spacial score (nSPS) is 24.4. The third kappa shape index (κ3) is 3.09. The summed E-state index contributed by atoms with van der Waals surface area (Å²) in [6.07, 6.45) is 6.05. The fourth-order valence-electron chi connectivity index (χ4n) is 2.41. The predicted octanol–water partition coefficient (Wildman–Crippen LogP) is 3.77. The standard InChI is InChI=1S/C15H20O2/c1-11-3-6-14(7-4-11)17-15-8-5-13(10-16)9-12(15)2/h5,8-11,14H,3-4,6-7H2,1-2H3. The second kappa shape index (κ2) is 5.35. The molecule has 2 rings (SSSR count). The van der Waals surface area contributed by atoms with Crippen LogP contribution in [0.1, 0.15) is 48.5 Å². The first-order valence-corrected chi connectivity index (χ1v) is 6.41. The second-order valence-corrected chi connectivity index (χ2v) is 5.14. The third-order valence-corrected chi connectivity index (χ3v) is 3.59. The van der Waals surface area contributed by atoms with E-state index in [1.807, 2.05) is 25.1 Å². The molecule has 0 unspecified atom stereocenters. The Hall–Kier alpha value is -1.31. The van der Waals surface area contributed by atoms with Crippen molar-refractivity contribution < 1.29 is 9.53 Å². The van der Waals surface area contributed by atoms with E-state index >= 15 is 0 Å². The molecule has 2 heteroatoms. The molecule has 17 heavy (non-hydrogen) atoms. The average Bonchev–Trinajstić information content (AvgIpc) is 2.34. The summed E-state index contributed by atoms with van der Waals surface area (Å²) >= 11 is 0. The first kappa shape index (κ1) is 12.2. The summed E-state index contributed by atoms with van der Waals surface area (Å²) in [5.74, 6) is 1.77. The van der Waals surface area contributed by atoms with Crippen LogP contribution in [0.15, 0.2) is 18.2 Å². The average molecular weight is 232 g/mol. The number of rotatable bonds is 3. The highest BCUT2D eigenvalue weighted by Gasteiger charge is 2.19. The molecular weight excluding hydrogens is 212 g/mol. The van der Waals surface area contributed by atoms with Crippen LogP contribution in [0.25, 0.3) is 0 Å². The molecule has 0 atom stereocenters. The topological polar surface area (TPSA) is 26.3 Å². The monoisotopic (exact) mass is 232 g/mol. The molecule has 0 aliphatic heterocycles. The van der Waals surface area contributed by atoms with E-state index in [4.69, 9.17) is 4.74 Å². The molecule has 1 saturated carbocycles. The third-order valence-electron chi connectivity index (χ3n) is 3.59. The molecule has 92 valence electrons. The molecule has 0 heterocycles. The maximum Gasteiger partial charge on any atom is 0.150 e. The maximum atomic E-state index is 10.7. The van der Waals surface area contributed by atoms with Crippen LogP contribution in [0.4, 0.5) is 0 Å². The zero-order valence-corrected chi connectivity index (χ0v) is 10.6. The summed E-state index contributed by atoms with van der Waals surface area (Å²) in [5, 5.41) is 0. The van der Waals surface area contributed by atoms with Crippen molar-refractivity contribution in [1.29, 1.82) is 0 Å². The minimum Gasteiger partial charge on any atom is -0.490 e. The fraction of sp³-hybridized carbons (Fsp3) is 0.533. The summed E-state index contributed by atoms with van der Waals surface area (Å²) < 4.78 is 6.02. The lowest BCUT2D eigenvalue weighted by atomic mass is 9.89. The summed E-state index contributed by atoms with van der Waals surface area (Å²) in [6, 6.07) is 5.62. The lowest BCUT2D eigenvalue weighted by molar-refractivity contribution is 0.112. The molecule has 1 aromatic carbocycles. The summed E-state index contributed by atoms with van der Waals surface area (Å²) in [6.45, 7) is 4.30. The van der Waals surface area contributed by atoms with Gasteiger partial charge in [0.05, 0.1) is 6.10 Å². The van der Waals surface area contributed by atoms with Gasteiger partial charge in [0.15, 0.2) is 0 Å². The summed E-state index contributed by atoms with van der Waals surface area (Å²) in [5.41, 5.74) is 1.76. The van der Waals surface area contributed by atoms with Crippen LogP contribution in [0.3, 0.4) is 0 Å². The van der Waals surface area contributed by atoms with E-state index in [-0.39, 0.29) is 0 Å². The Bertz CT molecular complexity index is 390. The molecule has 2 nitrogen and oxygen atoms in total. The highest BCUT2D eigenvalue weighted by Crippen LogP contribution is 2.28. The van der Waals surface area contributed by atoms with Crippen LogP contribution in [0.5, 0.6) is 5.75 Å². The number of hydrogen-bond donors (Lipinski definition) is 0. The minimum absolute atomic E-state index is 0.354. The van der Waals surface area contributed by atoms with Crippen LogP contribution in [0.2, 0.25) is 0 Å². The van der Waals surface area contributed by atoms with Crippen LogP contribution < -0.4 is 4.74 Å². The lowest BCUT2D eigenvalue weighted by Gasteiger charge is -2.27. The smallest absolute Gasteiger partial charge is 0.150 e. The van der Waals surface area contributed by atoms with Gasteiger partial charge in [-0.05, 0) is 62.3 Å². The van der Waals surface area contributed by atoms with E-state index in [9.17, 15) is 4.79 Å². The van der Waals surface area contributed by atoms with Crippen molar-refractivity contribution >= 4 is 6.29 Å². The molecule has 0 N–H and O–H groups in total. The number of carbonyl (C=O) groups excluding carboxylic acids is 1. The molecule has 1 aliphatic carbocycles. The molecule has 1 fully saturated rings. The van der Waals surface area contributed by atoms with Crippen molar-refractivity contribution in [2.75, 3.05) is 0 Å². The molecular formula is C15H20O2. The Balaban J connectivity index is 2.01. The number of aldehydes is 1. The van der Waals surface area contributed by atoms with Gasteiger partial charge in [0.1, 0.15) is 12.0 Å². The van der Waals surface area contributed by atoms with Crippen LogP contribution in [-0.2, 0) is 0 Å². The molecule has 1 aromatic rings. The molecule has 0 radical (unpaired) electrons. The quantitative estimate of drug-likeness (QED) is 0.742. The number of carbonyl (C=O) groups is 1. The molecule has 0 saturated heterocycles. The van der Waals surface area contributed by atoms with Gasteiger partial charge in [-0.3, -0.25) is 4.79 Å². The van der Waals surface area contributed by atoms with Crippen molar-refractivity contribution in [2.24, 2.45) is 5.92 Å². The molecule has 0 spiro atoms. The Morgan fingerprint density at radius 2 is 1.94 bits per heavy atom. The van der Waals surface area contributed by atoms with E-state index in [1.54, 1.807) is 0 Å². The Kier molecular flexibility index (Phi) is 3.82. The maximum absolute atomic E-state index is 10.7. The van der Waals surface area contributed by atoms with Gasteiger partial charge in [-0.25, -0.2) is 0 Å². The Morgan fingerprint density at radius 1 is 1.24 bits per heavy atom. The van der Waals surface area contributed by atoms with Crippen LogP contribution in [-0.4, -0.2) is 12.4 Å². The van der Waals surface area contributed by atoms with E-state index < -0.39 is 0 Å². The second-order valence-electron chi connectivity index (χ2n) is 5.14. The highest BCUT2D eigenvalue weighted by molar-refractivity contribution is 5.75. The minimum atomic E-state index is 0.354. The van der Waals surface area contributed by atoms with Gasteiger partial charge in [0.2, 0.25) is 0 Å². The molecule has 0 amide bonds. The van der Waals surface area contributed by atoms with Crippen molar-refractivity contribution in [1.82, 2.24) is 0 Å². The van der Waals surface area contributed by atoms with Gasteiger partial charge >= 0.3 is 0 Å². The van der Waals surface area contributed by atoms with Gasteiger partial charge in [-0.15, -0.1) is 0 Å². The van der Waals surface area contributed by atoms with E-state index in [0.717, 1.165) is 36.4 Å². The lowest BCUT2D eigenvalue weighted by Crippen LogP contribution is -2.23. The highest BCUT2D eigenvalue weighted by atomic mass is 16.5. The fourth-order valence-corrected chi connectivity index (χ4v) is 2.41. The van der Waals surface area contributed by atoms with E-state index in [2.05, 4.69) is 6.92 Å². The first-order valence-electron chi connectivity index (χ1n) is 6.41. The largest absolute Gasteiger partial charge is 0.490 e. The van der Waals surface area contributed by atoms with Crippen molar-refractivity contribution in [3.63, 3.8) is 0 Å². The van der Waals surface area contributed by atoms with Gasteiger partial charge in [0.25, 0.3) is 0 Å². The summed E-state index contributed by atoms with van der Waals surface area (Å²) in [4.78, 5) is 10.7. The van der Waals surface area contributed by atoms with Gasteiger partial charge in [-0.1, -0.05) is 6.92 Å². The zero-order chi connectivity index (χ0) is 12.3. The van der Waals surface area contributed by atoms with E-state index in [0.29, 0.717) is 11.7 Å². The Labute approximate surface area is 103 Å². The van der Waals surface area contributed by atoms with Gasteiger partial charge in [-0.2, -0.15) is 0 Å². The zero-order valence-electron chi connectivity index (χ0n) is 10.6. The van der Waals surface area contributed by atoms with Crippen molar-refractivity contribution in [3.05, 3.63) is 29.3 Å². The van der Waals surface area contributed by atoms with Gasteiger partial charge in [0, 0.05) is 5.56 Å². The number of aryl methyl sites for hydroxylation is 1. The van der Waals surface area contributed by atoms with Crippen LogP contribution >= 0.6 is 0 Å². The number of ether oxygens (including phenoxy) is 1. The van der Waals surface area contributed by atoms with Crippen molar-refractivity contribution in [3.8, 4) is 5.75 Å². The first-order chi connectivity index (χ1) is 8.19. The molecule has 1 aliphatic rings. The Morgan fingerprint density at radius 3 is 2.53 bits per heavy atom. The molecule has 0 aromatic heterocycles. The SMILES string of the molecule is Cc1cc(C=O)ccc1OC1CCC(C)CC1. The number of benzene rings is 1. The molecule has 0 bridgehead atoms. The predicted molar refractivity (Wildman–Crippen MR) is 68.6 cm³/mol.